The average molecular weight is 462 g/mol. The van der Waals surface area contributed by atoms with E-state index >= 15 is 0 Å². The molecule has 2 heterocycles. The molecular weight excluding hydrogens is 441 g/mol. The molecule has 3 aromatic rings. The minimum atomic E-state index is -5.08. The normalized spacial score (nSPS) is 12.2. The van der Waals surface area contributed by atoms with Gasteiger partial charge in [0, 0.05) is 29.4 Å². The number of carbonyl (C=O) groups is 2. The summed E-state index contributed by atoms with van der Waals surface area (Å²) in [6.07, 6.45) is -1.21. The SMILES string of the molecule is NCCCn1nc2c(c1C(=O)O)CCc1c-2ccnc1-c1ccccc1.O=C(O)C(F)(F)F. The molecule has 0 spiro atoms. The van der Waals surface area contributed by atoms with Gasteiger partial charge < -0.3 is 15.9 Å². The molecule has 0 saturated carbocycles. The van der Waals surface area contributed by atoms with Crippen molar-refractivity contribution in [3.05, 3.63) is 59.4 Å². The second-order valence-electron chi connectivity index (χ2n) is 7.20. The summed E-state index contributed by atoms with van der Waals surface area (Å²) < 4.78 is 33.3. The monoisotopic (exact) mass is 462 g/mol. The van der Waals surface area contributed by atoms with Crippen LogP contribution in [0.5, 0.6) is 0 Å². The molecule has 0 amide bonds. The smallest absolute Gasteiger partial charge is 0.477 e. The standard InChI is InChI=1S/C20H20N4O2.C2HF3O2/c21-10-4-12-24-19(20(25)26)16-8-7-14-15(18(16)23-24)9-11-22-17(14)13-5-2-1-3-6-13;3-2(4,5)1(6)7/h1-3,5-6,9,11H,4,7-8,10,12,21H2,(H,25,26);(H,6,7). The van der Waals surface area contributed by atoms with Crippen LogP contribution in [0.4, 0.5) is 13.2 Å². The molecule has 0 atom stereocenters. The van der Waals surface area contributed by atoms with Crippen LogP contribution in [-0.4, -0.2) is 49.6 Å². The van der Waals surface area contributed by atoms with Crippen LogP contribution in [0, 0.1) is 0 Å². The fourth-order valence-electron chi connectivity index (χ4n) is 3.66. The first-order chi connectivity index (χ1) is 15.6. The second kappa shape index (κ2) is 9.82. The van der Waals surface area contributed by atoms with Crippen molar-refractivity contribution in [3.63, 3.8) is 0 Å². The van der Waals surface area contributed by atoms with E-state index in [0.29, 0.717) is 25.9 Å². The lowest BCUT2D eigenvalue weighted by atomic mass is 9.87. The van der Waals surface area contributed by atoms with E-state index in [-0.39, 0.29) is 5.69 Å². The fourth-order valence-corrected chi connectivity index (χ4v) is 3.66. The van der Waals surface area contributed by atoms with Crippen molar-refractivity contribution in [1.29, 1.82) is 0 Å². The summed E-state index contributed by atoms with van der Waals surface area (Å²) in [5, 5.41) is 21.4. The maximum absolute atomic E-state index is 11.8. The number of nitrogens with zero attached hydrogens (tertiary/aromatic N) is 3. The summed E-state index contributed by atoms with van der Waals surface area (Å²) in [4.78, 5) is 25.3. The van der Waals surface area contributed by atoms with Gasteiger partial charge in [-0.15, -0.1) is 0 Å². The Bertz CT molecular complexity index is 1160. The minimum absolute atomic E-state index is 0.289. The van der Waals surface area contributed by atoms with Crippen molar-refractivity contribution in [3.8, 4) is 22.5 Å². The van der Waals surface area contributed by atoms with Crippen LogP contribution in [0.15, 0.2) is 42.6 Å². The second-order valence-corrected chi connectivity index (χ2v) is 7.20. The number of benzene rings is 1. The van der Waals surface area contributed by atoms with E-state index in [9.17, 15) is 23.1 Å². The Balaban J connectivity index is 0.000000383. The number of alkyl halides is 3. The molecule has 33 heavy (non-hydrogen) atoms. The van der Waals surface area contributed by atoms with Crippen molar-refractivity contribution in [2.24, 2.45) is 5.73 Å². The van der Waals surface area contributed by atoms with Gasteiger partial charge in [-0.3, -0.25) is 9.67 Å². The number of hydrogen-bond donors (Lipinski definition) is 3. The summed E-state index contributed by atoms with van der Waals surface area (Å²) >= 11 is 0. The van der Waals surface area contributed by atoms with E-state index in [1.807, 2.05) is 36.4 Å². The lowest BCUT2D eigenvalue weighted by Crippen LogP contribution is -2.21. The van der Waals surface area contributed by atoms with Crippen molar-refractivity contribution >= 4 is 11.9 Å². The van der Waals surface area contributed by atoms with Gasteiger partial charge in [-0.2, -0.15) is 18.3 Å². The summed E-state index contributed by atoms with van der Waals surface area (Å²) in [6, 6.07) is 12.0. The largest absolute Gasteiger partial charge is 0.490 e. The molecule has 4 N–H and O–H groups in total. The lowest BCUT2D eigenvalue weighted by Gasteiger charge is -2.18. The Kier molecular flexibility index (Phi) is 7.12. The van der Waals surface area contributed by atoms with Crippen LogP contribution in [0.25, 0.3) is 22.5 Å². The zero-order valence-electron chi connectivity index (χ0n) is 17.3. The van der Waals surface area contributed by atoms with Crippen molar-refractivity contribution in [2.75, 3.05) is 6.54 Å². The minimum Gasteiger partial charge on any atom is -0.477 e. The number of carboxylic acid groups (broad SMARTS) is 2. The zero-order valence-corrected chi connectivity index (χ0v) is 17.3. The van der Waals surface area contributed by atoms with Crippen molar-refractivity contribution in [2.45, 2.75) is 32.0 Å². The summed E-state index contributed by atoms with van der Waals surface area (Å²) in [5.41, 5.74) is 11.6. The maximum atomic E-state index is 11.8. The number of hydrogen-bond acceptors (Lipinski definition) is 5. The van der Waals surface area contributed by atoms with E-state index in [1.165, 1.54) is 0 Å². The van der Waals surface area contributed by atoms with Crippen LogP contribution in [0.1, 0.15) is 28.0 Å². The first kappa shape index (κ1) is 23.9. The van der Waals surface area contributed by atoms with E-state index in [2.05, 4.69) is 10.1 Å². The molecule has 11 heteroatoms. The Morgan fingerprint density at radius 1 is 1.03 bits per heavy atom. The van der Waals surface area contributed by atoms with Crippen molar-refractivity contribution in [1.82, 2.24) is 14.8 Å². The van der Waals surface area contributed by atoms with E-state index in [1.54, 1.807) is 10.9 Å². The third-order valence-electron chi connectivity index (χ3n) is 5.05. The van der Waals surface area contributed by atoms with Crippen LogP contribution < -0.4 is 5.73 Å². The van der Waals surface area contributed by atoms with Gasteiger partial charge in [0.15, 0.2) is 0 Å². The first-order valence-electron chi connectivity index (χ1n) is 10.0. The van der Waals surface area contributed by atoms with E-state index in [0.717, 1.165) is 40.1 Å². The topological polar surface area (TPSA) is 131 Å². The number of pyridine rings is 1. The number of aromatic nitrogens is 3. The number of aliphatic carboxylic acids is 1. The van der Waals surface area contributed by atoms with Gasteiger partial charge in [0.2, 0.25) is 0 Å². The molecule has 174 valence electrons. The number of fused-ring (bicyclic) bond motifs is 3. The van der Waals surface area contributed by atoms with Gasteiger partial charge in [-0.1, -0.05) is 30.3 Å². The Morgan fingerprint density at radius 3 is 2.24 bits per heavy atom. The molecule has 0 saturated heterocycles. The Morgan fingerprint density at radius 2 is 1.67 bits per heavy atom. The molecule has 2 aromatic heterocycles. The molecule has 1 aliphatic rings. The number of halogens is 3. The molecule has 1 aromatic carbocycles. The molecule has 4 rings (SSSR count). The number of carboxylic acids is 2. The van der Waals surface area contributed by atoms with Gasteiger partial charge in [-0.05, 0) is 37.4 Å². The van der Waals surface area contributed by atoms with Crippen LogP contribution in [0.2, 0.25) is 0 Å². The highest BCUT2D eigenvalue weighted by Crippen LogP contribution is 2.38. The van der Waals surface area contributed by atoms with Gasteiger partial charge in [-0.25, -0.2) is 9.59 Å². The Labute approximate surface area is 186 Å². The van der Waals surface area contributed by atoms with Gasteiger partial charge in [0.25, 0.3) is 0 Å². The summed E-state index contributed by atoms with van der Waals surface area (Å²) in [7, 11) is 0. The number of rotatable bonds is 5. The third-order valence-corrected chi connectivity index (χ3v) is 5.05. The number of aromatic carboxylic acids is 1. The van der Waals surface area contributed by atoms with Crippen LogP contribution >= 0.6 is 0 Å². The highest BCUT2D eigenvalue weighted by molar-refractivity contribution is 5.91. The summed E-state index contributed by atoms with van der Waals surface area (Å²) in [5.74, 6) is -3.69. The number of aryl methyl sites for hydroxylation is 1. The molecule has 0 bridgehead atoms. The molecule has 1 aliphatic carbocycles. The van der Waals surface area contributed by atoms with Crippen LogP contribution in [-0.2, 0) is 24.2 Å². The number of nitrogens with two attached hydrogens (primary N) is 1. The highest BCUT2D eigenvalue weighted by Gasteiger charge is 2.38. The van der Waals surface area contributed by atoms with Gasteiger partial charge in [0.05, 0.1) is 11.4 Å². The molecule has 0 aliphatic heterocycles. The van der Waals surface area contributed by atoms with Crippen molar-refractivity contribution < 1.29 is 33.0 Å². The maximum Gasteiger partial charge on any atom is 0.490 e. The highest BCUT2D eigenvalue weighted by atomic mass is 19.4. The zero-order chi connectivity index (χ0) is 24.2. The molecular formula is C22H21F3N4O4. The van der Waals surface area contributed by atoms with Gasteiger partial charge >= 0.3 is 18.1 Å². The summed E-state index contributed by atoms with van der Waals surface area (Å²) in [6.45, 7) is 1.01. The predicted octanol–water partition coefficient (Wildman–Crippen LogP) is 3.39. The first-order valence-corrected chi connectivity index (χ1v) is 10.0. The lowest BCUT2D eigenvalue weighted by molar-refractivity contribution is -0.192. The molecule has 0 fully saturated rings. The van der Waals surface area contributed by atoms with E-state index < -0.39 is 18.1 Å². The van der Waals surface area contributed by atoms with E-state index in [4.69, 9.17) is 15.6 Å². The van der Waals surface area contributed by atoms with Crippen LogP contribution in [0.3, 0.4) is 0 Å². The van der Waals surface area contributed by atoms with Gasteiger partial charge in [0.1, 0.15) is 5.69 Å². The Hall–Kier alpha value is -3.73. The molecule has 0 unspecified atom stereocenters. The predicted molar refractivity (Wildman–Crippen MR) is 113 cm³/mol. The third kappa shape index (κ3) is 5.20. The quantitative estimate of drug-likeness (QED) is 0.530. The molecule has 0 radical (unpaired) electrons. The molecule has 8 nitrogen and oxygen atoms in total. The fraction of sp³-hybridized carbons (Fsp3) is 0.273. The average Bonchev–Trinajstić information content (AvgIpc) is 3.16.